The van der Waals surface area contributed by atoms with Crippen molar-refractivity contribution in [3.63, 3.8) is 0 Å². The van der Waals surface area contributed by atoms with Gasteiger partial charge in [-0.1, -0.05) is 60.2 Å². The molecule has 3 N–H and O–H groups in total. The van der Waals surface area contributed by atoms with Gasteiger partial charge in [0.15, 0.2) is 0 Å². The van der Waals surface area contributed by atoms with Crippen molar-refractivity contribution in [1.29, 1.82) is 0 Å². The van der Waals surface area contributed by atoms with E-state index in [1.54, 1.807) is 24.4 Å². The lowest BCUT2D eigenvalue weighted by atomic mass is 9.99. The predicted molar refractivity (Wildman–Crippen MR) is 124 cm³/mol. The van der Waals surface area contributed by atoms with Gasteiger partial charge in [-0.25, -0.2) is 18.3 Å². The van der Waals surface area contributed by atoms with Crippen LogP contribution in [-0.2, 0) is 17.5 Å². The Morgan fingerprint density at radius 1 is 0.935 bits per heavy atom. The summed E-state index contributed by atoms with van der Waals surface area (Å²) in [5.74, 6) is 0.00946. The van der Waals surface area contributed by atoms with Crippen LogP contribution in [0.5, 0.6) is 0 Å². The zero-order valence-corrected chi connectivity index (χ0v) is 17.8. The van der Waals surface area contributed by atoms with Crippen molar-refractivity contribution < 1.29 is 8.60 Å². The third-order valence-electron chi connectivity index (χ3n) is 4.96. The summed E-state index contributed by atoms with van der Waals surface area (Å²) in [6, 6.07) is 23.8. The van der Waals surface area contributed by atoms with Gasteiger partial charge in [-0.3, -0.25) is 0 Å². The Hall–Kier alpha value is -3.35. The summed E-state index contributed by atoms with van der Waals surface area (Å²) in [6.45, 7) is 2.43. The van der Waals surface area contributed by atoms with Crippen LogP contribution in [0.15, 0.2) is 90.0 Å². The van der Waals surface area contributed by atoms with Crippen molar-refractivity contribution in [3.8, 4) is 22.3 Å². The summed E-state index contributed by atoms with van der Waals surface area (Å²) in [5.41, 5.74) is 10.2. The maximum absolute atomic E-state index is 15.0. The first-order valence-electron chi connectivity index (χ1n) is 9.83. The minimum absolute atomic E-state index is 0.375. The van der Waals surface area contributed by atoms with Crippen LogP contribution in [0, 0.1) is 12.7 Å². The molecule has 4 aromatic rings. The van der Waals surface area contributed by atoms with Gasteiger partial charge in [0.1, 0.15) is 22.6 Å². The average Bonchev–Trinajstić information content (AvgIpc) is 2.79. The maximum Gasteiger partial charge on any atom is 0.131 e. The van der Waals surface area contributed by atoms with Crippen molar-refractivity contribution in [1.82, 2.24) is 9.71 Å². The number of nitrogens with two attached hydrogens (primary N) is 1. The molecule has 4 nitrogen and oxygen atoms in total. The number of anilines is 1. The van der Waals surface area contributed by atoms with E-state index in [4.69, 9.17) is 5.73 Å². The molecule has 1 aromatic heterocycles. The van der Waals surface area contributed by atoms with Crippen molar-refractivity contribution in [2.45, 2.75) is 18.4 Å². The lowest BCUT2D eigenvalue weighted by Gasteiger charge is -2.13. The van der Waals surface area contributed by atoms with E-state index in [0.29, 0.717) is 33.9 Å². The topological polar surface area (TPSA) is 68.0 Å². The number of pyridine rings is 1. The molecule has 0 spiro atoms. The van der Waals surface area contributed by atoms with Crippen LogP contribution in [0.1, 0.15) is 11.1 Å². The van der Waals surface area contributed by atoms with E-state index in [1.165, 1.54) is 6.07 Å². The van der Waals surface area contributed by atoms with E-state index in [9.17, 15) is 8.60 Å². The number of halogens is 1. The van der Waals surface area contributed by atoms with Gasteiger partial charge in [-0.05, 0) is 47.9 Å². The molecule has 4 rings (SSSR count). The van der Waals surface area contributed by atoms with Crippen LogP contribution in [0.2, 0.25) is 0 Å². The molecule has 31 heavy (non-hydrogen) atoms. The van der Waals surface area contributed by atoms with Crippen molar-refractivity contribution in [2.75, 3.05) is 5.73 Å². The van der Waals surface area contributed by atoms with Gasteiger partial charge >= 0.3 is 0 Å². The van der Waals surface area contributed by atoms with E-state index in [-0.39, 0.29) is 5.82 Å². The van der Waals surface area contributed by atoms with Crippen LogP contribution in [0.4, 0.5) is 10.2 Å². The molecular formula is C25H22FN3OS. The number of aromatic nitrogens is 1. The summed E-state index contributed by atoms with van der Waals surface area (Å²) in [5, 5.41) is 0. The van der Waals surface area contributed by atoms with Gasteiger partial charge in [0, 0.05) is 23.9 Å². The van der Waals surface area contributed by atoms with E-state index in [2.05, 4.69) is 9.71 Å². The molecule has 1 unspecified atom stereocenters. The molecule has 6 heteroatoms. The summed E-state index contributed by atoms with van der Waals surface area (Å²) in [7, 11) is -1.45. The molecule has 0 aliphatic rings. The second-order valence-corrected chi connectivity index (χ2v) is 8.51. The number of nitrogen functional groups attached to an aromatic ring is 1. The second kappa shape index (κ2) is 9.20. The molecule has 0 fully saturated rings. The zero-order chi connectivity index (χ0) is 21.8. The minimum Gasteiger partial charge on any atom is -0.384 e. The maximum atomic E-state index is 15.0. The number of hydrogen-bond donors (Lipinski definition) is 2. The summed E-state index contributed by atoms with van der Waals surface area (Å²) >= 11 is 0. The molecule has 1 atom stereocenters. The molecule has 156 valence electrons. The van der Waals surface area contributed by atoms with Gasteiger partial charge < -0.3 is 5.73 Å². The highest BCUT2D eigenvalue weighted by atomic mass is 32.2. The third-order valence-corrected chi connectivity index (χ3v) is 6.12. The Morgan fingerprint density at radius 2 is 1.71 bits per heavy atom. The fourth-order valence-electron chi connectivity index (χ4n) is 3.33. The standard InChI is InChI=1S/C25H22FN3OS/c1-17-7-11-24(31(30)29-15-18-5-3-2-4-6-18)22(13-17)19-8-10-21(23(26)14-19)20-9-12-25(27)28-16-20/h2-14,16,29H,15H2,1H3,(H2,27,28). The molecule has 3 aromatic carbocycles. The van der Waals surface area contributed by atoms with Crippen LogP contribution in [0.3, 0.4) is 0 Å². The van der Waals surface area contributed by atoms with Crippen LogP contribution in [-0.4, -0.2) is 9.19 Å². The fourth-order valence-corrected chi connectivity index (χ4v) is 4.36. The van der Waals surface area contributed by atoms with E-state index in [1.807, 2.05) is 61.5 Å². The largest absolute Gasteiger partial charge is 0.384 e. The van der Waals surface area contributed by atoms with E-state index < -0.39 is 11.0 Å². The second-order valence-electron chi connectivity index (χ2n) is 7.24. The van der Waals surface area contributed by atoms with Crippen LogP contribution in [0.25, 0.3) is 22.3 Å². The predicted octanol–water partition coefficient (Wildman–Crippen LogP) is 5.26. The highest BCUT2D eigenvalue weighted by molar-refractivity contribution is 7.83. The number of nitrogens with zero attached hydrogens (tertiary/aromatic N) is 1. The molecular weight excluding hydrogens is 409 g/mol. The molecule has 0 amide bonds. The van der Waals surface area contributed by atoms with Crippen molar-refractivity contribution in [3.05, 3.63) is 102 Å². The Balaban J connectivity index is 1.64. The third kappa shape index (κ3) is 4.87. The highest BCUT2D eigenvalue weighted by Crippen LogP contribution is 2.31. The molecule has 0 aliphatic carbocycles. The quantitative estimate of drug-likeness (QED) is 0.438. The lowest BCUT2D eigenvalue weighted by molar-refractivity contribution is 0.631. The molecule has 0 bridgehead atoms. The summed E-state index contributed by atoms with van der Waals surface area (Å²) in [4.78, 5) is 4.65. The Kier molecular flexibility index (Phi) is 6.21. The van der Waals surface area contributed by atoms with Gasteiger partial charge in [-0.15, -0.1) is 0 Å². The molecule has 0 saturated carbocycles. The first kappa shape index (κ1) is 20.9. The Morgan fingerprint density at radius 3 is 2.42 bits per heavy atom. The Labute approximate surface area is 183 Å². The molecule has 0 aliphatic heterocycles. The smallest absolute Gasteiger partial charge is 0.131 e. The minimum atomic E-state index is -1.45. The summed E-state index contributed by atoms with van der Waals surface area (Å²) in [6.07, 6.45) is 1.55. The first-order chi connectivity index (χ1) is 15.0. The molecule has 1 heterocycles. The van der Waals surface area contributed by atoms with Gasteiger partial charge in [-0.2, -0.15) is 0 Å². The normalized spacial score (nSPS) is 11.9. The van der Waals surface area contributed by atoms with Crippen LogP contribution < -0.4 is 10.5 Å². The van der Waals surface area contributed by atoms with Crippen molar-refractivity contribution in [2.24, 2.45) is 0 Å². The average molecular weight is 432 g/mol. The highest BCUT2D eigenvalue weighted by Gasteiger charge is 2.14. The zero-order valence-electron chi connectivity index (χ0n) is 17.0. The van der Waals surface area contributed by atoms with Gasteiger partial charge in [0.05, 0.1) is 4.90 Å². The van der Waals surface area contributed by atoms with Gasteiger partial charge in [0.2, 0.25) is 0 Å². The number of nitrogens with one attached hydrogen (secondary N) is 1. The SMILES string of the molecule is Cc1ccc(S(=O)NCc2ccccc2)c(-c2ccc(-c3ccc(N)nc3)c(F)c2)c1. The molecule has 0 saturated heterocycles. The van der Waals surface area contributed by atoms with Crippen LogP contribution >= 0.6 is 0 Å². The van der Waals surface area contributed by atoms with E-state index in [0.717, 1.165) is 16.7 Å². The number of rotatable bonds is 6. The Bertz CT molecular complexity index is 1230. The number of hydrogen-bond acceptors (Lipinski definition) is 3. The number of benzene rings is 3. The first-order valence-corrected chi connectivity index (χ1v) is 11.0. The lowest BCUT2D eigenvalue weighted by Crippen LogP contribution is -2.17. The van der Waals surface area contributed by atoms with Crippen molar-refractivity contribution >= 4 is 16.8 Å². The monoisotopic (exact) mass is 431 g/mol. The molecule has 0 radical (unpaired) electrons. The summed E-state index contributed by atoms with van der Waals surface area (Å²) < 4.78 is 31.0. The van der Waals surface area contributed by atoms with E-state index >= 15 is 0 Å². The fraction of sp³-hybridized carbons (Fsp3) is 0.0800. The van der Waals surface area contributed by atoms with Gasteiger partial charge in [0.25, 0.3) is 0 Å². The number of aryl methyl sites for hydroxylation is 1.